The first-order chi connectivity index (χ1) is 16.9. The average Bonchev–Trinajstić information content (AvgIpc) is 2.84. The lowest BCUT2D eigenvalue weighted by Crippen LogP contribution is -2.47. The predicted molar refractivity (Wildman–Crippen MR) is 159 cm³/mol. The second kappa shape index (κ2) is 23.5. The number of aryl methyl sites for hydroxylation is 2. The minimum Gasteiger partial charge on any atom is -0.481 e. The van der Waals surface area contributed by atoms with Gasteiger partial charge in [-0.05, 0) is 63.7 Å². The van der Waals surface area contributed by atoms with Gasteiger partial charge >= 0.3 is 5.97 Å². The van der Waals surface area contributed by atoms with E-state index in [0.29, 0.717) is 6.42 Å². The lowest BCUT2D eigenvalue weighted by atomic mass is 10.00. The number of hydrogen-bond acceptors (Lipinski definition) is 3. The molecule has 1 aliphatic rings. The molecule has 37 heavy (non-hydrogen) atoms. The maximum absolute atomic E-state index is 12.7. The summed E-state index contributed by atoms with van der Waals surface area (Å²) in [6, 6.07) is 6.19. The fraction of sp³-hybridized carbons (Fsp3) is 0.733. The molecule has 1 aromatic carbocycles. The molecule has 6 nitrogen and oxygen atoms in total. The number of carbonyl (C=O) groups is 2. The fourth-order valence-corrected chi connectivity index (χ4v) is 4.72. The van der Waals surface area contributed by atoms with Crippen LogP contribution in [0.4, 0.5) is 5.69 Å². The molecule has 1 aliphatic heterocycles. The zero-order valence-electron chi connectivity index (χ0n) is 23.9. The SMILES string of the molecule is CCCCCCCCCCCC(=O)O.CCCCN1CCCCC1C(=O)Nc1c(C)cccc1C.Cl.O. The number of aliphatic carboxylic acids is 1. The maximum atomic E-state index is 12.7. The summed E-state index contributed by atoms with van der Waals surface area (Å²) >= 11 is 0. The predicted octanol–water partition coefficient (Wildman–Crippen LogP) is 7.49. The summed E-state index contributed by atoms with van der Waals surface area (Å²) in [5.74, 6) is -0.490. The molecule has 0 bridgehead atoms. The van der Waals surface area contributed by atoms with E-state index in [0.717, 1.165) is 55.6 Å². The van der Waals surface area contributed by atoms with Crippen molar-refractivity contribution in [2.75, 3.05) is 18.4 Å². The third-order valence-electron chi connectivity index (χ3n) is 6.94. The fourth-order valence-electron chi connectivity index (χ4n) is 4.72. The number of nitrogens with one attached hydrogen (secondary N) is 1. The van der Waals surface area contributed by atoms with E-state index >= 15 is 0 Å². The summed E-state index contributed by atoms with van der Waals surface area (Å²) in [7, 11) is 0. The summed E-state index contributed by atoms with van der Waals surface area (Å²) < 4.78 is 0. The highest BCUT2D eigenvalue weighted by Crippen LogP contribution is 2.23. The van der Waals surface area contributed by atoms with Crippen molar-refractivity contribution in [2.45, 2.75) is 130 Å². The molecule has 1 heterocycles. The van der Waals surface area contributed by atoms with E-state index in [4.69, 9.17) is 5.11 Å². The van der Waals surface area contributed by atoms with Crippen LogP contribution in [0.15, 0.2) is 18.2 Å². The van der Waals surface area contributed by atoms with E-state index in [-0.39, 0.29) is 29.8 Å². The van der Waals surface area contributed by atoms with Crippen LogP contribution < -0.4 is 5.32 Å². The summed E-state index contributed by atoms with van der Waals surface area (Å²) in [4.78, 5) is 25.3. The minimum absolute atomic E-state index is 0. The van der Waals surface area contributed by atoms with Crippen molar-refractivity contribution >= 4 is 30.0 Å². The Morgan fingerprint density at radius 2 is 1.43 bits per heavy atom. The molecular formula is C30H55ClN2O4. The van der Waals surface area contributed by atoms with Gasteiger partial charge < -0.3 is 15.9 Å². The highest BCUT2D eigenvalue weighted by molar-refractivity contribution is 5.96. The van der Waals surface area contributed by atoms with Gasteiger partial charge in [-0.3, -0.25) is 14.5 Å². The molecule has 0 aliphatic carbocycles. The van der Waals surface area contributed by atoms with Gasteiger partial charge in [-0.15, -0.1) is 12.4 Å². The van der Waals surface area contributed by atoms with E-state index in [1.54, 1.807) is 0 Å². The van der Waals surface area contributed by atoms with Crippen LogP contribution >= 0.6 is 12.4 Å². The number of piperidine rings is 1. The number of hydrogen-bond donors (Lipinski definition) is 2. The Hall–Kier alpha value is -1.63. The van der Waals surface area contributed by atoms with E-state index in [1.165, 1.54) is 64.2 Å². The standard InChI is InChI=1S/C18H28N2O.C12H24O2.ClH.H2O/c1-4-5-12-20-13-7-6-11-16(20)18(21)19-17-14(2)9-8-10-15(17)3;1-2-3-4-5-6-7-8-9-10-11-12(13)14;;/h8-10,16H,4-7,11-13H2,1-3H3,(H,19,21);2-11H2,1H3,(H,13,14);1H;1H2. The molecule has 1 amide bonds. The Balaban J connectivity index is 0. The number of halogens is 1. The molecule has 0 saturated carbocycles. The molecule has 0 radical (unpaired) electrons. The number of carboxylic acids is 1. The van der Waals surface area contributed by atoms with Gasteiger partial charge in [0.05, 0.1) is 6.04 Å². The second-order valence-corrected chi connectivity index (χ2v) is 10.1. The number of para-hydroxylation sites is 1. The monoisotopic (exact) mass is 542 g/mol. The van der Waals surface area contributed by atoms with Crippen LogP contribution in [0.25, 0.3) is 0 Å². The smallest absolute Gasteiger partial charge is 0.303 e. The Labute approximate surface area is 232 Å². The van der Waals surface area contributed by atoms with Gasteiger partial charge in [-0.25, -0.2) is 0 Å². The number of carboxylic acid groups (broad SMARTS) is 1. The summed E-state index contributed by atoms with van der Waals surface area (Å²) in [5.41, 5.74) is 3.27. The van der Waals surface area contributed by atoms with Crippen LogP contribution in [-0.4, -0.2) is 46.5 Å². The molecule has 1 aromatic rings. The van der Waals surface area contributed by atoms with Gasteiger partial charge in [0.1, 0.15) is 0 Å². The lowest BCUT2D eigenvalue weighted by molar-refractivity contribution is -0.137. The minimum atomic E-state index is -0.659. The third kappa shape index (κ3) is 16.7. The number of unbranched alkanes of at least 4 members (excludes halogenated alkanes) is 9. The highest BCUT2D eigenvalue weighted by Gasteiger charge is 2.28. The first-order valence-corrected chi connectivity index (χ1v) is 14.2. The molecule has 2 rings (SSSR count). The van der Waals surface area contributed by atoms with Gasteiger partial charge in [0.2, 0.25) is 5.91 Å². The molecular weight excluding hydrogens is 488 g/mol. The van der Waals surface area contributed by atoms with E-state index in [2.05, 4.69) is 50.0 Å². The lowest BCUT2D eigenvalue weighted by Gasteiger charge is -2.34. The zero-order valence-corrected chi connectivity index (χ0v) is 24.8. The van der Waals surface area contributed by atoms with Gasteiger partial charge in [-0.2, -0.15) is 0 Å². The van der Waals surface area contributed by atoms with Gasteiger partial charge in [-0.1, -0.05) is 96.3 Å². The van der Waals surface area contributed by atoms with Crippen molar-refractivity contribution in [2.24, 2.45) is 0 Å². The molecule has 7 heteroatoms. The van der Waals surface area contributed by atoms with Crippen LogP contribution in [0, 0.1) is 13.8 Å². The number of rotatable bonds is 15. The average molecular weight is 543 g/mol. The first kappa shape index (κ1) is 37.5. The van der Waals surface area contributed by atoms with Gasteiger partial charge in [0.25, 0.3) is 0 Å². The summed E-state index contributed by atoms with van der Waals surface area (Å²) in [6.07, 6.45) is 17.2. The second-order valence-electron chi connectivity index (χ2n) is 10.1. The van der Waals surface area contributed by atoms with Gasteiger partial charge in [0.15, 0.2) is 0 Å². The molecule has 1 unspecified atom stereocenters. The molecule has 1 atom stereocenters. The highest BCUT2D eigenvalue weighted by atomic mass is 35.5. The Kier molecular flexibility index (Phi) is 23.8. The summed E-state index contributed by atoms with van der Waals surface area (Å²) in [5, 5.41) is 11.6. The number of carbonyl (C=O) groups excluding carboxylic acids is 1. The molecule has 0 spiro atoms. The van der Waals surface area contributed by atoms with Crippen molar-refractivity contribution in [1.29, 1.82) is 0 Å². The van der Waals surface area contributed by atoms with E-state index in [9.17, 15) is 9.59 Å². The molecule has 1 saturated heterocycles. The number of benzene rings is 1. The summed E-state index contributed by atoms with van der Waals surface area (Å²) in [6.45, 7) is 10.6. The Morgan fingerprint density at radius 3 is 1.97 bits per heavy atom. The number of likely N-dealkylation sites (tertiary alicyclic amines) is 1. The van der Waals surface area contributed by atoms with Crippen LogP contribution in [-0.2, 0) is 9.59 Å². The van der Waals surface area contributed by atoms with Crippen molar-refractivity contribution in [3.05, 3.63) is 29.3 Å². The number of nitrogens with zero attached hydrogens (tertiary/aromatic N) is 1. The Bertz CT molecular complexity index is 709. The molecule has 4 N–H and O–H groups in total. The van der Waals surface area contributed by atoms with Crippen molar-refractivity contribution in [1.82, 2.24) is 4.90 Å². The molecule has 216 valence electrons. The first-order valence-electron chi connectivity index (χ1n) is 14.2. The topological polar surface area (TPSA) is 101 Å². The van der Waals surface area contributed by atoms with E-state index < -0.39 is 5.97 Å². The quantitative estimate of drug-likeness (QED) is 0.224. The van der Waals surface area contributed by atoms with Crippen molar-refractivity contribution < 1.29 is 20.2 Å². The number of anilines is 1. The van der Waals surface area contributed by atoms with Crippen LogP contribution in [0.2, 0.25) is 0 Å². The zero-order chi connectivity index (χ0) is 25.9. The normalized spacial score (nSPS) is 15.0. The van der Waals surface area contributed by atoms with Crippen molar-refractivity contribution in [3.63, 3.8) is 0 Å². The van der Waals surface area contributed by atoms with Crippen LogP contribution in [0.1, 0.15) is 121 Å². The van der Waals surface area contributed by atoms with Gasteiger partial charge in [0, 0.05) is 12.1 Å². The van der Waals surface area contributed by atoms with Crippen LogP contribution in [0.3, 0.4) is 0 Å². The Morgan fingerprint density at radius 1 is 0.892 bits per heavy atom. The molecule has 0 aromatic heterocycles. The van der Waals surface area contributed by atoms with Crippen molar-refractivity contribution in [3.8, 4) is 0 Å². The van der Waals surface area contributed by atoms with Crippen LogP contribution in [0.5, 0.6) is 0 Å². The number of amides is 1. The maximum Gasteiger partial charge on any atom is 0.303 e. The largest absolute Gasteiger partial charge is 0.481 e. The third-order valence-corrected chi connectivity index (χ3v) is 6.94. The molecule has 1 fully saturated rings. The van der Waals surface area contributed by atoms with E-state index in [1.807, 2.05) is 6.07 Å².